The topological polar surface area (TPSA) is 59.6 Å². The number of hydrogen-bond acceptors (Lipinski definition) is 3. The van der Waals surface area contributed by atoms with Crippen molar-refractivity contribution < 1.29 is 14.3 Å². The Balaban J connectivity index is 1.66. The van der Waals surface area contributed by atoms with Crippen LogP contribution in [0, 0.1) is 6.92 Å². The number of fused-ring (bicyclic) bond motifs is 1. The zero-order valence-corrected chi connectivity index (χ0v) is 14.9. The van der Waals surface area contributed by atoms with Crippen molar-refractivity contribution in [3.8, 4) is 11.5 Å². The van der Waals surface area contributed by atoms with Crippen molar-refractivity contribution >= 4 is 11.7 Å². The van der Waals surface area contributed by atoms with Crippen LogP contribution in [0.5, 0.6) is 11.5 Å². The highest BCUT2D eigenvalue weighted by Gasteiger charge is 2.22. The molecule has 0 aliphatic carbocycles. The molecule has 5 heteroatoms. The lowest BCUT2D eigenvalue weighted by Gasteiger charge is -2.14. The van der Waals surface area contributed by atoms with Gasteiger partial charge in [-0.3, -0.25) is 0 Å². The first-order valence-electron chi connectivity index (χ1n) is 8.62. The van der Waals surface area contributed by atoms with Gasteiger partial charge in [-0.2, -0.15) is 0 Å². The summed E-state index contributed by atoms with van der Waals surface area (Å²) in [5, 5.41) is 5.71. The van der Waals surface area contributed by atoms with Crippen molar-refractivity contribution in [2.45, 2.75) is 39.8 Å². The van der Waals surface area contributed by atoms with Crippen molar-refractivity contribution in [2.24, 2.45) is 0 Å². The predicted molar refractivity (Wildman–Crippen MR) is 98.4 cm³/mol. The van der Waals surface area contributed by atoms with Crippen LogP contribution in [-0.2, 0) is 13.0 Å². The third kappa shape index (κ3) is 4.24. The van der Waals surface area contributed by atoms with Crippen LogP contribution in [0.15, 0.2) is 36.4 Å². The largest absolute Gasteiger partial charge is 0.494 e. The predicted octanol–water partition coefficient (Wildman–Crippen LogP) is 4.04. The van der Waals surface area contributed by atoms with E-state index in [4.69, 9.17) is 9.47 Å². The molecule has 132 valence electrons. The van der Waals surface area contributed by atoms with Gasteiger partial charge in [-0.1, -0.05) is 17.7 Å². The monoisotopic (exact) mass is 340 g/mol. The Labute approximate surface area is 148 Å². The lowest BCUT2D eigenvalue weighted by atomic mass is 10.1. The molecule has 0 aromatic heterocycles. The first-order valence-corrected chi connectivity index (χ1v) is 8.62. The number of hydrogen-bond donors (Lipinski definition) is 2. The molecule has 0 fully saturated rings. The fraction of sp³-hybridized carbons (Fsp3) is 0.350. The van der Waals surface area contributed by atoms with Crippen molar-refractivity contribution in [3.63, 3.8) is 0 Å². The minimum atomic E-state index is -0.249. The fourth-order valence-corrected chi connectivity index (χ4v) is 2.90. The molecule has 3 rings (SSSR count). The van der Waals surface area contributed by atoms with Gasteiger partial charge in [0.05, 0.1) is 6.61 Å². The molecule has 2 aromatic rings. The zero-order valence-electron chi connectivity index (χ0n) is 14.9. The summed E-state index contributed by atoms with van der Waals surface area (Å²) in [6, 6.07) is 11.4. The summed E-state index contributed by atoms with van der Waals surface area (Å²) in [4.78, 5) is 12.1. The number of urea groups is 1. The summed E-state index contributed by atoms with van der Waals surface area (Å²) in [7, 11) is 0. The lowest BCUT2D eigenvalue weighted by Crippen LogP contribution is -2.28. The normalized spacial score (nSPS) is 15.2. The number of carbonyl (C=O) groups excluding carboxylic acids is 1. The van der Waals surface area contributed by atoms with Gasteiger partial charge in [-0.15, -0.1) is 0 Å². The van der Waals surface area contributed by atoms with E-state index in [0.29, 0.717) is 13.2 Å². The summed E-state index contributed by atoms with van der Waals surface area (Å²) in [5.74, 6) is 1.68. The maximum Gasteiger partial charge on any atom is 0.319 e. The van der Waals surface area contributed by atoms with Gasteiger partial charge in [-0.05, 0) is 45.0 Å². The molecule has 1 heterocycles. The molecule has 0 saturated carbocycles. The molecule has 2 aromatic carbocycles. The molecule has 0 spiro atoms. The number of rotatable bonds is 5. The molecule has 0 radical (unpaired) electrons. The van der Waals surface area contributed by atoms with Gasteiger partial charge in [0.2, 0.25) is 0 Å². The van der Waals surface area contributed by atoms with Gasteiger partial charge >= 0.3 is 6.03 Å². The average molecular weight is 340 g/mol. The second-order valence-corrected chi connectivity index (χ2v) is 6.31. The van der Waals surface area contributed by atoms with E-state index in [1.54, 1.807) is 0 Å². The van der Waals surface area contributed by atoms with Crippen LogP contribution < -0.4 is 20.1 Å². The number of carbonyl (C=O) groups is 1. The standard InChI is InChI=1S/C20H24N2O3/c1-4-24-18-10-15-9-14(3)25-19(15)11-16(18)12-21-20(23)22-17-7-5-13(2)6-8-17/h5-8,10-11,14H,4,9,12H2,1-3H3,(H2,21,22,23)/t14-/m1/s1. The number of anilines is 1. The lowest BCUT2D eigenvalue weighted by molar-refractivity contribution is 0.250. The third-order valence-electron chi connectivity index (χ3n) is 4.13. The number of ether oxygens (including phenoxy) is 2. The Kier molecular flexibility index (Phi) is 5.12. The highest BCUT2D eigenvalue weighted by atomic mass is 16.5. The molecule has 1 aliphatic heterocycles. The summed E-state index contributed by atoms with van der Waals surface area (Å²) in [6.07, 6.45) is 1.06. The molecule has 0 bridgehead atoms. The van der Waals surface area contributed by atoms with E-state index in [2.05, 4.69) is 10.6 Å². The molecule has 1 aliphatic rings. The third-order valence-corrected chi connectivity index (χ3v) is 4.13. The van der Waals surface area contributed by atoms with E-state index < -0.39 is 0 Å². The molecule has 0 unspecified atom stereocenters. The van der Waals surface area contributed by atoms with Crippen LogP contribution in [0.1, 0.15) is 30.5 Å². The SMILES string of the molecule is CCOc1cc2c(cc1CNC(=O)Nc1ccc(C)cc1)O[C@H](C)C2. The maximum absolute atomic E-state index is 12.1. The van der Waals surface area contributed by atoms with Crippen LogP contribution in [-0.4, -0.2) is 18.7 Å². The van der Waals surface area contributed by atoms with Gasteiger partial charge in [0.15, 0.2) is 0 Å². The van der Waals surface area contributed by atoms with Crippen molar-refractivity contribution in [1.82, 2.24) is 5.32 Å². The van der Waals surface area contributed by atoms with Crippen LogP contribution in [0.2, 0.25) is 0 Å². The van der Waals surface area contributed by atoms with Crippen LogP contribution in [0.3, 0.4) is 0 Å². The fourth-order valence-electron chi connectivity index (χ4n) is 2.90. The smallest absolute Gasteiger partial charge is 0.319 e. The molecule has 5 nitrogen and oxygen atoms in total. The van der Waals surface area contributed by atoms with E-state index in [1.807, 2.05) is 57.2 Å². The van der Waals surface area contributed by atoms with Crippen molar-refractivity contribution in [1.29, 1.82) is 0 Å². The maximum atomic E-state index is 12.1. The Hall–Kier alpha value is -2.69. The molecule has 1 atom stereocenters. The molecular formula is C20H24N2O3. The van der Waals surface area contributed by atoms with Gasteiger partial charge < -0.3 is 20.1 Å². The number of benzene rings is 2. The van der Waals surface area contributed by atoms with Crippen LogP contribution >= 0.6 is 0 Å². The second-order valence-electron chi connectivity index (χ2n) is 6.31. The number of nitrogens with one attached hydrogen (secondary N) is 2. The zero-order chi connectivity index (χ0) is 17.8. The number of amides is 2. The van der Waals surface area contributed by atoms with Crippen LogP contribution in [0.25, 0.3) is 0 Å². The highest BCUT2D eigenvalue weighted by molar-refractivity contribution is 5.89. The molecular weight excluding hydrogens is 316 g/mol. The van der Waals surface area contributed by atoms with Crippen molar-refractivity contribution in [3.05, 3.63) is 53.1 Å². The van der Waals surface area contributed by atoms with E-state index in [9.17, 15) is 4.79 Å². The average Bonchev–Trinajstić information content (AvgIpc) is 2.94. The Bertz CT molecular complexity index is 756. The second kappa shape index (κ2) is 7.47. The summed E-state index contributed by atoms with van der Waals surface area (Å²) in [6.45, 7) is 6.96. The van der Waals surface area contributed by atoms with E-state index >= 15 is 0 Å². The Morgan fingerprint density at radius 1 is 1.28 bits per heavy atom. The quantitative estimate of drug-likeness (QED) is 0.863. The van der Waals surface area contributed by atoms with E-state index in [0.717, 1.165) is 40.3 Å². The molecule has 2 amide bonds. The minimum absolute atomic E-state index is 0.178. The first kappa shape index (κ1) is 17.1. The van der Waals surface area contributed by atoms with Gasteiger partial charge in [-0.25, -0.2) is 4.79 Å². The summed E-state index contributed by atoms with van der Waals surface area (Å²) < 4.78 is 11.5. The van der Waals surface area contributed by atoms with Gasteiger partial charge in [0, 0.05) is 29.8 Å². The summed E-state index contributed by atoms with van der Waals surface area (Å²) >= 11 is 0. The summed E-state index contributed by atoms with van der Waals surface area (Å²) in [5.41, 5.74) is 3.98. The molecule has 0 saturated heterocycles. The van der Waals surface area contributed by atoms with Crippen LogP contribution in [0.4, 0.5) is 10.5 Å². The van der Waals surface area contributed by atoms with Gasteiger partial charge in [0.1, 0.15) is 17.6 Å². The molecule has 2 N–H and O–H groups in total. The highest BCUT2D eigenvalue weighted by Crippen LogP contribution is 2.35. The van der Waals surface area contributed by atoms with Gasteiger partial charge in [0.25, 0.3) is 0 Å². The first-order chi connectivity index (χ1) is 12.0. The Morgan fingerprint density at radius 3 is 2.76 bits per heavy atom. The minimum Gasteiger partial charge on any atom is -0.494 e. The van der Waals surface area contributed by atoms with Crippen molar-refractivity contribution in [2.75, 3.05) is 11.9 Å². The number of aryl methyl sites for hydroxylation is 1. The molecule has 25 heavy (non-hydrogen) atoms. The van der Waals surface area contributed by atoms with E-state index in [-0.39, 0.29) is 12.1 Å². The Morgan fingerprint density at radius 2 is 2.04 bits per heavy atom. The van der Waals surface area contributed by atoms with E-state index in [1.165, 1.54) is 0 Å².